The predicted molar refractivity (Wildman–Crippen MR) is 108 cm³/mol. The summed E-state index contributed by atoms with van der Waals surface area (Å²) in [6.45, 7) is 6.33. The highest BCUT2D eigenvalue weighted by molar-refractivity contribution is 6.07. The molecule has 160 valence electrons. The number of hydrogen-bond acceptors (Lipinski definition) is 5. The normalized spacial score (nSPS) is 19.6. The molecule has 2 fully saturated rings. The summed E-state index contributed by atoms with van der Waals surface area (Å²) in [5.41, 5.74) is -0.737. The van der Waals surface area contributed by atoms with Crippen molar-refractivity contribution in [1.82, 2.24) is 20.4 Å². The van der Waals surface area contributed by atoms with Crippen LogP contribution in [0.2, 0.25) is 0 Å². The lowest BCUT2D eigenvalue weighted by Crippen LogP contribution is -2.48. The number of hydrogen-bond donors (Lipinski definition) is 2. The first-order valence-corrected chi connectivity index (χ1v) is 10.7. The summed E-state index contributed by atoms with van der Waals surface area (Å²) in [4.78, 5) is 40.9. The molecule has 8 nitrogen and oxygen atoms in total. The third-order valence-electron chi connectivity index (χ3n) is 6.13. The zero-order valence-corrected chi connectivity index (χ0v) is 17.4. The van der Waals surface area contributed by atoms with Gasteiger partial charge >= 0.3 is 6.03 Å². The molecule has 1 aliphatic carbocycles. The van der Waals surface area contributed by atoms with Crippen LogP contribution in [0.5, 0.6) is 0 Å². The summed E-state index contributed by atoms with van der Waals surface area (Å²) in [5, 5.41) is 5.81. The molecule has 0 radical (unpaired) electrons. The Morgan fingerprint density at radius 2 is 2.00 bits per heavy atom. The maximum Gasteiger partial charge on any atom is 0.325 e. The molecular weight excluding hydrogens is 372 g/mol. The average Bonchev–Trinajstić information content (AvgIpc) is 3.32. The number of urea groups is 1. The van der Waals surface area contributed by atoms with Gasteiger partial charge in [0.25, 0.3) is 5.91 Å². The molecule has 1 unspecified atom stereocenters. The molecule has 1 aromatic heterocycles. The summed E-state index contributed by atoms with van der Waals surface area (Å²) < 4.78 is 5.55. The first-order chi connectivity index (χ1) is 14.0. The second-order valence-corrected chi connectivity index (χ2v) is 7.84. The molecule has 1 spiro atoms. The van der Waals surface area contributed by atoms with Crippen LogP contribution in [-0.4, -0.2) is 59.4 Å². The van der Waals surface area contributed by atoms with Crippen LogP contribution in [0.25, 0.3) is 0 Å². The Morgan fingerprint density at radius 3 is 2.62 bits per heavy atom. The average molecular weight is 405 g/mol. The minimum absolute atomic E-state index is 0.0498. The van der Waals surface area contributed by atoms with Crippen LogP contribution >= 0.6 is 0 Å². The van der Waals surface area contributed by atoms with Gasteiger partial charge in [0.1, 0.15) is 11.3 Å². The number of nitrogens with one attached hydrogen (secondary N) is 2. The van der Waals surface area contributed by atoms with E-state index >= 15 is 0 Å². The summed E-state index contributed by atoms with van der Waals surface area (Å²) in [6.07, 6.45) is 6.09. The van der Waals surface area contributed by atoms with Gasteiger partial charge in [0.2, 0.25) is 5.91 Å². The van der Waals surface area contributed by atoms with Gasteiger partial charge in [-0.1, -0.05) is 33.1 Å². The van der Waals surface area contributed by atoms with Crippen LogP contribution in [0.3, 0.4) is 0 Å². The van der Waals surface area contributed by atoms with Crippen LogP contribution < -0.4 is 10.6 Å². The smallest absolute Gasteiger partial charge is 0.325 e. The van der Waals surface area contributed by atoms with E-state index in [1.54, 1.807) is 6.26 Å². The summed E-state index contributed by atoms with van der Waals surface area (Å²) in [5.74, 6) is 0.452. The Bertz CT molecular complexity index is 708. The molecule has 1 atom stereocenters. The number of likely N-dealkylation sites (N-methyl/N-ethyl adjacent to an activating group) is 1. The number of amides is 4. The predicted octanol–water partition coefficient (Wildman–Crippen LogP) is 2.42. The highest BCUT2D eigenvalue weighted by atomic mass is 16.3. The van der Waals surface area contributed by atoms with E-state index in [2.05, 4.69) is 29.4 Å². The fraction of sp³-hybridized carbons (Fsp3) is 0.667. The van der Waals surface area contributed by atoms with E-state index in [1.165, 1.54) is 4.90 Å². The van der Waals surface area contributed by atoms with Gasteiger partial charge in [-0.2, -0.15) is 0 Å². The van der Waals surface area contributed by atoms with Crippen molar-refractivity contribution < 1.29 is 18.8 Å². The number of carbonyl (C=O) groups is 3. The molecule has 4 amide bonds. The number of rotatable bonds is 9. The van der Waals surface area contributed by atoms with E-state index in [9.17, 15) is 14.4 Å². The Kier molecular flexibility index (Phi) is 6.95. The second kappa shape index (κ2) is 9.43. The molecule has 1 saturated heterocycles. The molecule has 1 aliphatic heterocycles. The van der Waals surface area contributed by atoms with Crippen molar-refractivity contribution in [2.24, 2.45) is 0 Å². The number of furan rings is 1. The van der Waals surface area contributed by atoms with Crippen LogP contribution in [-0.2, 0) is 9.59 Å². The van der Waals surface area contributed by atoms with Crippen molar-refractivity contribution in [3.63, 3.8) is 0 Å². The topological polar surface area (TPSA) is 94.9 Å². The summed E-state index contributed by atoms with van der Waals surface area (Å²) >= 11 is 0. The van der Waals surface area contributed by atoms with Gasteiger partial charge in [-0.3, -0.25) is 19.4 Å². The van der Waals surface area contributed by atoms with Gasteiger partial charge in [-0.05, 0) is 38.1 Å². The van der Waals surface area contributed by atoms with E-state index in [-0.39, 0.29) is 36.9 Å². The van der Waals surface area contributed by atoms with Crippen molar-refractivity contribution in [2.75, 3.05) is 26.2 Å². The van der Waals surface area contributed by atoms with E-state index in [4.69, 9.17) is 4.42 Å². The third-order valence-corrected chi connectivity index (χ3v) is 6.13. The van der Waals surface area contributed by atoms with Gasteiger partial charge < -0.3 is 15.1 Å². The van der Waals surface area contributed by atoms with E-state index < -0.39 is 5.54 Å². The lowest BCUT2D eigenvalue weighted by molar-refractivity contribution is -0.132. The Balaban J connectivity index is 1.53. The number of carbonyl (C=O) groups excluding carboxylic acids is 3. The Hall–Kier alpha value is -2.35. The summed E-state index contributed by atoms with van der Waals surface area (Å²) in [6, 6.07) is 3.32. The standard InChI is InChI=1S/C21H32N4O4/c1-3-24(4-2)16(17-9-8-14-29-17)15-22-18(26)10-13-25-19(27)21(23-20(25)28)11-6-5-7-12-21/h8-9,14,16H,3-7,10-13,15H2,1-2H3,(H,22,26)(H,23,28). The molecule has 29 heavy (non-hydrogen) atoms. The third kappa shape index (κ3) is 4.63. The first kappa shape index (κ1) is 21.4. The van der Waals surface area contributed by atoms with Crippen molar-refractivity contribution in [3.05, 3.63) is 24.2 Å². The zero-order chi connectivity index (χ0) is 20.9. The molecule has 1 aromatic rings. The van der Waals surface area contributed by atoms with Gasteiger partial charge in [0.15, 0.2) is 0 Å². The van der Waals surface area contributed by atoms with Gasteiger partial charge in [0.05, 0.1) is 12.3 Å². The van der Waals surface area contributed by atoms with Crippen LogP contribution in [0.15, 0.2) is 22.8 Å². The Labute approximate surface area is 172 Å². The maximum atomic E-state index is 12.8. The molecule has 2 heterocycles. The molecule has 8 heteroatoms. The number of nitrogens with zero attached hydrogens (tertiary/aromatic N) is 2. The zero-order valence-electron chi connectivity index (χ0n) is 17.4. The Morgan fingerprint density at radius 1 is 1.28 bits per heavy atom. The summed E-state index contributed by atoms with van der Waals surface area (Å²) in [7, 11) is 0. The van der Waals surface area contributed by atoms with E-state index in [0.29, 0.717) is 19.4 Å². The molecular formula is C21H32N4O4. The van der Waals surface area contributed by atoms with Crippen molar-refractivity contribution in [1.29, 1.82) is 0 Å². The SMILES string of the molecule is CCN(CC)C(CNC(=O)CCN1C(=O)NC2(CCCCC2)C1=O)c1ccco1. The molecule has 3 rings (SSSR count). The first-order valence-electron chi connectivity index (χ1n) is 10.7. The number of imide groups is 1. The lowest BCUT2D eigenvalue weighted by Gasteiger charge is -2.30. The van der Waals surface area contributed by atoms with E-state index in [1.807, 2.05) is 12.1 Å². The van der Waals surface area contributed by atoms with Crippen LogP contribution in [0.4, 0.5) is 4.79 Å². The molecule has 0 aromatic carbocycles. The molecule has 1 saturated carbocycles. The monoisotopic (exact) mass is 404 g/mol. The van der Waals surface area contributed by atoms with Crippen molar-refractivity contribution in [3.8, 4) is 0 Å². The van der Waals surface area contributed by atoms with Gasteiger partial charge in [-0.25, -0.2) is 4.79 Å². The van der Waals surface area contributed by atoms with E-state index in [0.717, 1.165) is 38.1 Å². The quantitative estimate of drug-likeness (QED) is 0.617. The fourth-order valence-electron chi connectivity index (χ4n) is 4.44. The highest BCUT2D eigenvalue weighted by Gasteiger charge is 2.51. The van der Waals surface area contributed by atoms with Gasteiger partial charge in [-0.15, -0.1) is 0 Å². The minimum Gasteiger partial charge on any atom is -0.468 e. The van der Waals surface area contributed by atoms with Crippen molar-refractivity contribution in [2.45, 2.75) is 64.0 Å². The van der Waals surface area contributed by atoms with Gasteiger partial charge in [0, 0.05) is 19.5 Å². The molecule has 2 aliphatic rings. The lowest BCUT2D eigenvalue weighted by atomic mass is 9.82. The van der Waals surface area contributed by atoms with Crippen LogP contribution in [0.1, 0.15) is 64.2 Å². The van der Waals surface area contributed by atoms with Crippen LogP contribution in [0, 0.1) is 0 Å². The van der Waals surface area contributed by atoms with Crippen molar-refractivity contribution >= 4 is 17.8 Å². The second-order valence-electron chi connectivity index (χ2n) is 7.84. The molecule has 2 N–H and O–H groups in total. The molecule has 0 bridgehead atoms. The maximum absolute atomic E-state index is 12.8. The largest absolute Gasteiger partial charge is 0.468 e. The minimum atomic E-state index is -0.737. The highest BCUT2D eigenvalue weighted by Crippen LogP contribution is 2.33. The fourth-order valence-corrected chi connectivity index (χ4v) is 4.44.